The molecule has 0 aliphatic rings. The summed E-state index contributed by atoms with van der Waals surface area (Å²) in [6, 6.07) is 0. The summed E-state index contributed by atoms with van der Waals surface area (Å²) in [5.74, 6) is -0.776. The molecule has 2 amide bonds. The van der Waals surface area contributed by atoms with E-state index in [4.69, 9.17) is 23.2 Å². The standard InChI is InChI=1S/C6H9Cl2N2O2/c7-3-5(11)9-1-2-10-6(12)4-8/h1H,2-4H2,(H,9,11)(H,10,12). The maximum absolute atomic E-state index is 10.5. The minimum Gasteiger partial charge on any atom is -0.353 e. The van der Waals surface area contributed by atoms with E-state index in [1.165, 1.54) is 6.54 Å². The van der Waals surface area contributed by atoms with Crippen molar-refractivity contribution in [2.45, 2.75) is 0 Å². The summed E-state index contributed by atoms with van der Waals surface area (Å²) in [7, 11) is 0. The number of hydrogen-bond donors (Lipinski definition) is 2. The van der Waals surface area contributed by atoms with Gasteiger partial charge in [-0.25, -0.2) is 0 Å². The van der Waals surface area contributed by atoms with E-state index in [0.717, 1.165) is 0 Å². The Morgan fingerprint density at radius 2 is 1.75 bits per heavy atom. The number of hydrogen-bond acceptors (Lipinski definition) is 2. The molecule has 12 heavy (non-hydrogen) atoms. The maximum atomic E-state index is 10.5. The molecule has 69 valence electrons. The highest BCUT2D eigenvalue weighted by Crippen LogP contribution is 1.77. The first-order valence-corrected chi connectivity index (χ1v) is 4.27. The van der Waals surface area contributed by atoms with Crippen molar-refractivity contribution in [3.05, 3.63) is 6.54 Å². The Kier molecular flexibility index (Phi) is 6.90. The van der Waals surface area contributed by atoms with Crippen molar-refractivity contribution < 1.29 is 9.59 Å². The third-order valence-corrected chi connectivity index (χ3v) is 1.39. The molecule has 1 radical (unpaired) electrons. The van der Waals surface area contributed by atoms with Crippen molar-refractivity contribution in [3.8, 4) is 0 Å². The van der Waals surface area contributed by atoms with Crippen molar-refractivity contribution in [3.63, 3.8) is 0 Å². The van der Waals surface area contributed by atoms with Gasteiger partial charge in [-0.2, -0.15) is 0 Å². The Labute approximate surface area is 80.6 Å². The lowest BCUT2D eigenvalue weighted by Gasteiger charge is -2.02. The van der Waals surface area contributed by atoms with E-state index >= 15 is 0 Å². The van der Waals surface area contributed by atoms with Crippen molar-refractivity contribution in [1.82, 2.24) is 10.6 Å². The average molecular weight is 212 g/mol. The smallest absolute Gasteiger partial charge is 0.235 e. The van der Waals surface area contributed by atoms with E-state index < -0.39 is 0 Å². The number of alkyl halides is 2. The quantitative estimate of drug-likeness (QED) is 0.492. The first-order valence-electron chi connectivity index (χ1n) is 3.20. The molecule has 0 aliphatic heterocycles. The molecule has 0 unspecified atom stereocenters. The van der Waals surface area contributed by atoms with Gasteiger partial charge in [0.25, 0.3) is 0 Å². The van der Waals surface area contributed by atoms with Crippen molar-refractivity contribution in [2.24, 2.45) is 0 Å². The predicted molar refractivity (Wildman–Crippen MR) is 46.9 cm³/mol. The van der Waals surface area contributed by atoms with Crippen LogP contribution in [0.25, 0.3) is 0 Å². The minimum atomic E-state index is -0.309. The molecule has 0 rings (SSSR count). The molecule has 0 aromatic carbocycles. The molecule has 0 aliphatic carbocycles. The van der Waals surface area contributed by atoms with E-state index in [9.17, 15) is 9.59 Å². The number of rotatable bonds is 5. The van der Waals surface area contributed by atoms with E-state index in [1.54, 1.807) is 0 Å². The van der Waals surface area contributed by atoms with Crippen molar-refractivity contribution in [1.29, 1.82) is 0 Å². The lowest BCUT2D eigenvalue weighted by molar-refractivity contribution is -0.120. The fourth-order valence-electron chi connectivity index (χ4n) is 0.416. The molecule has 0 aromatic rings. The number of nitrogens with one attached hydrogen (secondary N) is 2. The van der Waals surface area contributed by atoms with Crippen LogP contribution in [0.5, 0.6) is 0 Å². The Balaban J connectivity index is 3.21. The second-order valence-corrected chi connectivity index (χ2v) is 2.38. The van der Waals surface area contributed by atoms with Gasteiger partial charge < -0.3 is 10.6 Å². The molecule has 4 nitrogen and oxygen atoms in total. The molecule has 0 saturated carbocycles. The first kappa shape index (κ1) is 11.5. The average Bonchev–Trinajstić information content (AvgIpc) is 2.11. The van der Waals surface area contributed by atoms with Crippen LogP contribution in [0.2, 0.25) is 0 Å². The third kappa shape index (κ3) is 6.24. The number of amides is 2. The molecule has 6 heteroatoms. The van der Waals surface area contributed by atoms with Crippen molar-refractivity contribution in [2.75, 3.05) is 18.3 Å². The van der Waals surface area contributed by atoms with Crippen LogP contribution >= 0.6 is 23.2 Å². The fraction of sp³-hybridized carbons (Fsp3) is 0.500. The number of carbonyl (C=O) groups is 2. The summed E-state index contributed by atoms with van der Waals surface area (Å²) >= 11 is 10.4. The monoisotopic (exact) mass is 211 g/mol. The molecule has 0 heterocycles. The second kappa shape index (κ2) is 7.18. The molecular weight excluding hydrogens is 203 g/mol. The van der Waals surface area contributed by atoms with Gasteiger partial charge in [-0.05, 0) is 0 Å². The van der Waals surface area contributed by atoms with Crippen LogP contribution in [0.3, 0.4) is 0 Å². The zero-order valence-corrected chi connectivity index (χ0v) is 7.78. The van der Waals surface area contributed by atoms with Crippen LogP contribution in [0, 0.1) is 6.54 Å². The molecule has 0 spiro atoms. The van der Waals surface area contributed by atoms with E-state index in [-0.39, 0.29) is 30.1 Å². The highest BCUT2D eigenvalue weighted by atomic mass is 35.5. The highest BCUT2D eigenvalue weighted by molar-refractivity contribution is 6.27. The summed E-state index contributed by atoms with van der Waals surface area (Å²) in [6.07, 6.45) is 0. The van der Waals surface area contributed by atoms with Crippen molar-refractivity contribution >= 4 is 35.0 Å². The third-order valence-electron chi connectivity index (χ3n) is 0.907. The Bertz CT molecular complexity index is 146. The van der Waals surface area contributed by atoms with Gasteiger partial charge in [0.2, 0.25) is 11.8 Å². The van der Waals surface area contributed by atoms with Gasteiger partial charge >= 0.3 is 0 Å². The Hall–Kier alpha value is -0.480. The molecule has 0 aromatic heterocycles. The molecule has 0 atom stereocenters. The Morgan fingerprint density at radius 1 is 1.17 bits per heavy atom. The topological polar surface area (TPSA) is 58.2 Å². The SMILES string of the molecule is O=C(CCl)N[CH]CNC(=O)CCl. The zero-order valence-electron chi connectivity index (χ0n) is 6.27. The molecule has 2 N–H and O–H groups in total. The predicted octanol–water partition coefficient (Wildman–Crippen LogP) is -0.142. The van der Waals surface area contributed by atoms with E-state index in [0.29, 0.717) is 0 Å². The maximum Gasteiger partial charge on any atom is 0.235 e. The van der Waals surface area contributed by atoms with Gasteiger partial charge in [-0.15, -0.1) is 23.2 Å². The van der Waals surface area contributed by atoms with Gasteiger partial charge in [0.05, 0.1) is 6.54 Å². The van der Waals surface area contributed by atoms with Crippen LogP contribution in [0.15, 0.2) is 0 Å². The summed E-state index contributed by atoms with van der Waals surface area (Å²) in [4.78, 5) is 21.0. The summed E-state index contributed by atoms with van der Waals surface area (Å²) in [5.41, 5.74) is 0. The Morgan fingerprint density at radius 3 is 2.25 bits per heavy atom. The van der Waals surface area contributed by atoms with Crippen LogP contribution < -0.4 is 10.6 Å². The van der Waals surface area contributed by atoms with E-state index in [1.807, 2.05) is 0 Å². The molecule has 0 bridgehead atoms. The largest absolute Gasteiger partial charge is 0.353 e. The lowest BCUT2D eigenvalue weighted by Crippen LogP contribution is -2.32. The van der Waals surface area contributed by atoms with Gasteiger partial charge in [-0.1, -0.05) is 0 Å². The van der Waals surface area contributed by atoms with Crippen LogP contribution in [-0.2, 0) is 9.59 Å². The summed E-state index contributed by atoms with van der Waals surface area (Å²) in [5, 5.41) is 4.79. The van der Waals surface area contributed by atoms with Gasteiger partial charge in [-0.3, -0.25) is 9.59 Å². The number of carbonyl (C=O) groups excluding carboxylic acids is 2. The van der Waals surface area contributed by atoms with Gasteiger partial charge in [0.1, 0.15) is 11.8 Å². The molecule has 0 fully saturated rings. The van der Waals surface area contributed by atoms with Crippen LogP contribution in [-0.4, -0.2) is 30.1 Å². The lowest BCUT2D eigenvalue weighted by atomic mass is 10.5. The summed E-state index contributed by atoms with van der Waals surface area (Å²) < 4.78 is 0. The minimum absolute atomic E-state index is 0.0860. The highest BCUT2D eigenvalue weighted by Gasteiger charge is 1.98. The summed E-state index contributed by atoms with van der Waals surface area (Å²) in [6.45, 7) is 1.64. The molecule has 0 saturated heterocycles. The van der Waals surface area contributed by atoms with Gasteiger partial charge in [0.15, 0.2) is 0 Å². The van der Waals surface area contributed by atoms with E-state index in [2.05, 4.69) is 10.6 Å². The van der Waals surface area contributed by atoms with Gasteiger partial charge in [0, 0.05) is 6.54 Å². The first-order chi connectivity index (χ1) is 5.70. The number of halogens is 2. The molecular formula is C6H9Cl2N2O2. The van der Waals surface area contributed by atoms with Crippen LogP contribution in [0.4, 0.5) is 0 Å². The fourth-order valence-corrected chi connectivity index (χ4v) is 0.587. The van der Waals surface area contributed by atoms with Crippen LogP contribution in [0.1, 0.15) is 0 Å². The zero-order chi connectivity index (χ0) is 9.40. The normalized spacial score (nSPS) is 9.17. The second-order valence-electron chi connectivity index (χ2n) is 1.84.